The van der Waals surface area contributed by atoms with E-state index in [1.807, 2.05) is 0 Å². The molecule has 1 heterocycles. The Bertz CT molecular complexity index is 412. The van der Waals surface area contributed by atoms with Crippen LogP contribution in [0.25, 0.3) is 0 Å². The summed E-state index contributed by atoms with van der Waals surface area (Å²) in [6.45, 7) is 1.96. The van der Waals surface area contributed by atoms with Gasteiger partial charge in [-0.25, -0.2) is 4.79 Å². The molecule has 1 N–H and O–H groups in total. The van der Waals surface area contributed by atoms with Crippen LogP contribution in [0.4, 0.5) is 18.0 Å². The molecule has 1 aliphatic rings. The maximum Gasteiger partial charge on any atom is 0.406 e. The fourth-order valence-corrected chi connectivity index (χ4v) is 2.10. The molecule has 0 saturated carbocycles. The highest BCUT2D eigenvalue weighted by Gasteiger charge is 2.41. The van der Waals surface area contributed by atoms with E-state index in [-0.39, 0.29) is 19.6 Å². The molecule has 0 bridgehead atoms. The van der Waals surface area contributed by atoms with Gasteiger partial charge in [-0.1, -0.05) is 0 Å². The van der Waals surface area contributed by atoms with E-state index in [1.165, 1.54) is 4.90 Å². The molecular weight excluding hydrogens is 293 g/mol. The van der Waals surface area contributed by atoms with Gasteiger partial charge >= 0.3 is 18.2 Å². The molecule has 6 nitrogen and oxygen atoms in total. The van der Waals surface area contributed by atoms with Crippen LogP contribution < -0.4 is 0 Å². The Kier molecular flexibility index (Phi) is 5.08. The number of carbonyl (C=O) groups is 2. The van der Waals surface area contributed by atoms with Crippen LogP contribution in [-0.2, 0) is 9.53 Å². The van der Waals surface area contributed by atoms with Crippen LogP contribution in [0.3, 0.4) is 0 Å². The quantitative estimate of drug-likeness (QED) is 0.858. The summed E-state index contributed by atoms with van der Waals surface area (Å²) in [4.78, 5) is 24.7. The van der Waals surface area contributed by atoms with Gasteiger partial charge in [0.1, 0.15) is 6.54 Å². The fourth-order valence-electron chi connectivity index (χ4n) is 2.10. The van der Waals surface area contributed by atoms with Crippen molar-refractivity contribution in [2.75, 3.05) is 26.7 Å². The van der Waals surface area contributed by atoms with E-state index in [9.17, 15) is 22.8 Å². The number of urea groups is 1. The van der Waals surface area contributed by atoms with E-state index in [0.29, 0.717) is 4.90 Å². The number of halogens is 3. The average molecular weight is 312 g/mol. The molecular formula is C12H19F3N2O4. The van der Waals surface area contributed by atoms with Crippen molar-refractivity contribution < 1.29 is 32.6 Å². The summed E-state index contributed by atoms with van der Waals surface area (Å²) in [7, 11) is 1.06. The van der Waals surface area contributed by atoms with Crippen molar-refractivity contribution in [3.05, 3.63) is 0 Å². The minimum Gasteiger partial charge on any atom is -0.481 e. The summed E-state index contributed by atoms with van der Waals surface area (Å²) in [5.41, 5.74) is -0.800. The van der Waals surface area contributed by atoms with Gasteiger partial charge in [-0.2, -0.15) is 13.2 Å². The monoisotopic (exact) mass is 312 g/mol. The molecule has 0 aliphatic carbocycles. The predicted octanol–water partition coefficient (Wildman–Crippen LogP) is 1.55. The Hall–Kier alpha value is -1.51. The molecule has 0 aromatic heterocycles. The largest absolute Gasteiger partial charge is 0.481 e. The number of carbonyl (C=O) groups excluding carboxylic acids is 1. The van der Waals surface area contributed by atoms with E-state index in [2.05, 4.69) is 0 Å². The summed E-state index contributed by atoms with van der Waals surface area (Å²) in [6, 6.07) is -0.795. The third-order valence-electron chi connectivity index (χ3n) is 3.17. The number of amides is 2. The van der Waals surface area contributed by atoms with Crippen LogP contribution in [0.1, 0.15) is 20.3 Å². The summed E-state index contributed by atoms with van der Waals surface area (Å²) in [5, 5.41) is 8.74. The van der Waals surface area contributed by atoms with Crippen molar-refractivity contribution in [3.63, 3.8) is 0 Å². The molecule has 0 aromatic rings. The predicted molar refractivity (Wildman–Crippen MR) is 66.9 cm³/mol. The number of morpholine rings is 1. The van der Waals surface area contributed by atoms with Crippen LogP contribution in [0, 0.1) is 0 Å². The highest BCUT2D eigenvalue weighted by molar-refractivity contribution is 5.75. The van der Waals surface area contributed by atoms with Gasteiger partial charge in [-0.15, -0.1) is 0 Å². The summed E-state index contributed by atoms with van der Waals surface area (Å²) in [5.74, 6) is -1.09. The third-order valence-corrected chi connectivity index (χ3v) is 3.17. The first kappa shape index (κ1) is 17.5. The van der Waals surface area contributed by atoms with E-state index in [1.54, 1.807) is 13.8 Å². The minimum absolute atomic E-state index is 0.0552. The van der Waals surface area contributed by atoms with E-state index in [0.717, 1.165) is 7.05 Å². The Labute approximate surface area is 120 Å². The third kappa shape index (κ3) is 5.07. The second-order valence-corrected chi connectivity index (χ2v) is 5.71. The molecule has 21 heavy (non-hydrogen) atoms. The fraction of sp³-hybridized carbons (Fsp3) is 0.833. The number of carboxylic acid groups (broad SMARTS) is 1. The van der Waals surface area contributed by atoms with Crippen molar-refractivity contribution in [2.24, 2.45) is 0 Å². The molecule has 1 atom stereocenters. The molecule has 122 valence electrons. The zero-order chi connectivity index (χ0) is 16.4. The molecule has 9 heteroatoms. The van der Waals surface area contributed by atoms with Crippen molar-refractivity contribution >= 4 is 12.0 Å². The number of rotatable bonds is 3. The first-order valence-corrected chi connectivity index (χ1v) is 6.35. The number of aliphatic carboxylic acids is 1. The van der Waals surface area contributed by atoms with Gasteiger partial charge in [0.15, 0.2) is 0 Å². The van der Waals surface area contributed by atoms with Gasteiger partial charge in [0.25, 0.3) is 0 Å². The molecule has 0 spiro atoms. The summed E-state index contributed by atoms with van der Waals surface area (Å²) >= 11 is 0. The van der Waals surface area contributed by atoms with Crippen LogP contribution in [0.5, 0.6) is 0 Å². The molecule has 0 aromatic carbocycles. The molecule has 1 aliphatic heterocycles. The zero-order valence-electron chi connectivity index (χ0n) is 12.1. The van der Waals surface area contributed by atoms with Crippen molar-refractivity contribution in [1.82, 2.24) is 9.80 Å². The number of carboxylic acids is 1. The van der Waals surface area contributed by atoms with Gasteiger partial charge in [-0.3, -0.25) is 4.79 Å². The number of nitrogens with zero attached hydrogens (tertiary/aromatic N) is 2. The first-order valence-electron chi connectivity index (χ1n) is 6.35. The van der Waals surface area contributed by atoms with Crippen molar-refractivity contribution in [2.45, 2.75) is 38.1 Å². The molecule has 2 amide bonds. The van der Waals surface area contributed by atoms with Gasteiger partial charge in [0.2, 0.25) is 0 Å². The average Bonchev–Trinajstić information content (AvgIpc) is 2.27. The van der Waals surface area contributed by atoms with Crippen molar-refractivity contribution in [1.29, 1.82) is 0 Å². The van der Waals surface area contributed by atoms with Crippen LogP contribution in [0.15, 0.2) is 0 Å². The Morgan fingerprint density at radius 1 is 1.43 bits per heavy atom. The SMILES string of the molecule is CN(CC(F)(F)F)C(=O)N1CC(CC(=O)O)OCC1(C)C. The number of hydrogen-bond acceptors (Lipinski definition) is 3. The standard InChI is InChI=1S/C12H19F3N2O4/c1-11(2)7-21-8(4-9(18)19)5-17(11)10(20)16(3)6-12(13,14)15/h8H,4-7H2,1-3H3,(H,18,19). The molecule has 1 fully saturated rings. The Morgan fingerprint density at radius 2 is 2.00 bits per heavy atom. The Morgan fingerprint density at radius 3 is 2.48 bits per heavy atom. The van der Waals surface area contributed by atoms with Crippen LogP contribution in [-0.4, -0.2) is 71.5 Å². The minimum atomic E-state index is -4.48. The maximum atomic E-state index is 12.4. The van der Waals surface area contributed by atoms with Crippen LogP contribution in [0.2, 0.25) is 0 Å². The summed E-state index contributed by atoms with van der Waals surface area (Å²) < 4.78 is 42.4. The number of ether oxygens (including phenoxy) is 1. The number of hydrogen-bond donors (Lipinski definition) is 1. The normalized spacial score (nSPS) is 22.0. The van der Waals surface area contributed by atoms with E-state index in [4.69, 9.17) is 9.84 Å². The molecule has 0 radical (unpaired) electrons. The highest BCUT2D eigenvalue weighted by atomic mass is 19.4. The zero-order valence-corrected chi connectivity index (χ0v) is 12.1. The first-order chi connectivity index (χ1) is 9.42. The lowest BCUT2D eigenvalue weighted by atomic mass is 10.0. The second kappa shape index (κ2) is 6.08. The number of alkyl halides is 3. The molecule has 1 saturated heterocycles. The van der Waals surface area contributed by atoms with Gasteiger partial charge in [-0.05, 0) is 13.8 Å². The van der Waals surface area contributed by atoms with E-state index >= 15 is 0 Å². The lowest BCUT2D eigenvalue weighted by molar-refractivity contribution is -0.147. The summed E-state index contributed by atoms with van der Waals surface area (Å²) in [6.07, 6.45) is -5.51. The van der Waals surface area contributed by atoms with Gasteiger partial charge in [0.05, 0.1) is 24.7 Å². The second-order valence-electron chi connectivity index (χ2n) is 5.71. The van der Waals surface area contributed by atoms with E-state index < -0.39 is 36.4 Å². The molecule has 1 rings (SSSR count). The van der Waals surface area contributed by atoms with Gasteiger partial charge < -0.3 is 19.6 Å². The lowest BCUT2D eigenvalue weighted by Crippen LogP contribution is -2.61. The Balaban J connectivity index is 2.79. The maximum absolute atomic E-state index is 12.4. The van der Waals surface area contributed by atoms with Gasteiger partial charge in [0, 0.05) is 13.6 Å². The van der Waals surface area contributed by atoms with Crippen molar-refractivity contribution in [3.8, 4) is 0 Å². The smallest absolute Gasteiger partial charge is 0.406 e. The van der Waals surface area contributed by atoms with Crippen LogP contribution >= 0.6 is 0 Å². The topological polar surface area (TPSA) is 70.1 Å². The highest BCUT2D eigenvalue weighted by Crippen LogP contribution is 2.25. The lowest BCUT2D eigenvalue weighted by Gasteiger charge is -2.46. The molecule has 1 unspecified atom stereocenters.